The lowest BCUT2D eigenvalue weighted by Gasteiger charge is -2.06. The molecule has 0 aromatic heterocycles. The lowest BCUT2D eigenvalue weighted by Crippen LogP contribution is -2.04. The van der Waals surface area contributed by atoms with Crippen molar-refractivity contribution in [2.45, 2.75) is 6.42 Å². The second kappa shape index (κ2) is 4.73. The second-order valence-electron chi connectivity index (χ2n) is 4.60. The van der Waals surface area contributed by atoms with E-state index in [1.165, 1.54) is 23.3 Å². The van der Waals surface area contributed by atoms with Crippen molar-refractivity contribution in [3.05, 3.63) is 60.2 Å². The first-order valence-electron chi connectivity index (χ1n) is 6.25. The molecular formula is C17H14O2. The van der Waals surface area contributed by atoms with Crippen molar-refractivity contribution < 1.29 is 9.53 Å². The first-order chi connectivity index (χ1) is 9.28. The van der Waals surface area contributed by atoms with Gasteiger partial charge in [-0.25, -0.2) is 0 Å². The number of rotatable bonds is 2. The summed E-state index contributed by atoms with van der Waals surface area (Å²) >= 11 is 0. The molecule has 0 fully saturated rings. The molecule has 0 spiro atoms. The van der Waals surface area contributed by atoms with E-state index in [0.717, 1.165) is 10.9 Å². The van der Waals surface area contributed by atoms with Crippen LogP contribution in [-0.2, 0) is 16.0 Å². The zero-order valence-corrected chi connectivity index (χ0v) is 10.7. The maximum atomic E-state index is 11.3. The summed E-state index contributed by atoms with van der Waals surface area (Å²) < 4.78 is 4.70. The Balaban J connectivity index is 2.14. The molecule has 0 aliphatic rings. The third-order valence-corrected chi connectivity index (χ3v) is 3.39. The Morgan fingerprint density at radius 1 is 0.947 bits per heavy atom. The van der Waals surface area contributed by atoms with Gasteiger partial charge in [0.25, 0.3) is 0 Å². The third kappa shape index (κ3) is 2.17. The molecule has 3 rings (SSSR count). The van der Waals surface area contributed by atoms with E-state index in [1.807, 2.05) is 18.2 Å². The normalized spacial score (nSPS) is 10.8. The number of carbonyl (C=O) groups excluding carboxylic acids is 1. The fourth-order valence-electron chi connectivity index (χ4n) is 2.41. The molecule has 0 unspecified atom stereocenters. The molecule has 94 valence electrons. The predicted molar refractivity (Wildman–Crippen MR) is 77.2 cm³/mol. The van der Waals surface area contributed by atoms with Crippen LogP contribution < -0.4 is 0 Å². The van der Waals surface area contributed by atoms with Crippen molar-refractivity contribution in [1.29, 1.82) is 0 Å². The SMILES string of the molecule is COC(=O)Cc1ccc2c(ccc3ccccc32)c1. The van der Waals surface area contributed by atoms with Crippen LogP contribution in [0.3, 0.4) is 0 Å². The number of benzene rings is 3. The zero-order chi connectivity index (χ0) is 13.2. The average molecular weight is 250 g/mol. The summed E-state index contributed by atoms with van der Waals surface area (Å²) in [6.45, 7) is 0. The summed E-state index contributed by atoms with van der Waals surface area (Å²) in [4.78, 5) is 11.3. The molecular weight excluding hydrogens is 236 g/mol. The highest BCUT2D eigenvalue weighted by atomic mass is 16.5. The molecule has 19 heavy (non-hydrogen) atoms. The van der Waals surface area contributed by atoms with Gasteiger partial charge in [0.05, 0.1) is 13.5 Å². The van der Waals surface area contributed by atoms with E-state index < -0.39 is 0 Å². The molecule has 0 amide bonds. The summed E-state index contributed by atoms with van der Waals surface area (Å²) in [7, 11) is 1.41. The van der Waals surface area contributed by atoms with Crippen molar-refractivity contribution in [3.8, 4) is 0 Å². The standard InChI is InChI=1S/C17H14O2/c1-19-17(18)11-12-6-9-16-14(10-12)8-7-13-4-2-3-5-15(13)16/h2-10H,11H2,1H3. The molecule has 0 saturated carbocycles. The fourth-order valence-corrected chi connectivity index (χ4v) is 2.41. The summed E-state index contributed by atoms with van der Waals surface area (Å²) in [5, 5.41) is 4.84. The van der Waals surface area contributed by atoms with Gasteiger partial charge >= 0.3 is 5.97 Å². The van der Waals surface area contributed by atoms with Crippen LogP contribution in [0.1, 0.15) is 5.56 Å². The van der Waals surface area contributed by atoms with Gasteiger partial charge in [0.2, 0.25) is 0 Å². The van der Waals surface area contributed by atoms with Crippen LogP contribution >= 0.6 is 0 Å². The van der Waals surface area contributed by atoms with E-state index >= 15 is 0 Å². The topological polar surface area (TPSA) is 26.3 Å². The van der Waals surface area contributed by atoms with Gasteiger partial charge in [-0.3, -0.25) is 4.79 Å². The molecule has 0 saturated heterocycles. The van der Waals surface area contributed by atoms with Crippen LogP contribution in [0.25, 0.3) is 21.5 Å². The number of fused-ring (bicyclic) bond motifs is 3. The largest absolute Gasteiger partial charge is 0.469 e. The second-order valence-corrected chi connectivity index (χ2v) is 4.60. The first kappa shape index (κ1) is 11.7. The number of methoxy groups -OCH3 is 1. The summed E-state index contributed by atoms with van der Waals surface area (Å²) in [5.74, 6) is -0.208. The number of esters is 1. The van der Waals surface area contributed by atoms with Crippen molar-refractivity contribution in [3.63, 3.8) is 0 Å². The van der Waals surface area contributed by atoms with Crippen LogP contribution in [0.2, 0.25) is 0 Å². The van der Waals surface area contributed by atoms with Gasteiger partial charge in [-0.2, -0.15) is 0 Å². The fraction of sp³-hybridized carbons (Fsp3) is 0.118. The highest BCUT2D eigenvalue weighted by molar-refractivity contribution is 6.07. The van der Waals surface area contributed by atoms with Gasteiger partial charge < -0.3 is 4.74 Å². The number of carbonyl (C=O) groups is 1. The molecule has 0 radical (unpaired) electrons. The molecule has 0 aliphatic carbocycles. The Morgan fingerprint density at radius 2 is 1.68 bits per heavy atom. The van der Waals surface area contributed by atoms with Gasteiger partial charge in [-0.1, -0.05) is 54.6 Å². The minimum absolute atomic E-state index is 0.208. The molecule has 0 atom stereocenters. The lowest BCUT2D eigenvalue weighted by molar-refractivity contribution is -0.139. The summed E-state index contributed by atoms with van der Waals surface area (Å²) in [6, 6.07) is 18.6. The van der Waals surface area contributed by atoms with Crippen LogP contribution in [0.4, 0.5) is 0 Å². The molecule has 3 aromatic carbocycles. The van der Waals surface area contributed by atoms with E-state index in [-0.39, 0.29) is 5.97 Å². The number of hydrogen-bond donors (Lipinski definition) is 0. The third-order valence-electron chi connectivity index (χ3n) is 3.39. The molecule has 2 nitrogen and oxygen atoms in total. The molecule has 3 aromatic rings. The van der Waals surface area contributed by atoms with E-state index in [2.05, 4.69) is 36.4 Å². The Kier molecular flexibility index (Phi) is 2.92. The van der Waals surface area contributed by atoms with Crippen LogP contribution in [0, 0.1) is 0 Å². The highest BCUT2D eigenvalue weighted by Crippen LogP contribution is 2.26. The van der Waals surface area contributed by atoms with Gasteiger partial charge in [0.1, 0.15) is 0 Å². The van der Waals surface area contributed by atoms with Crippen molar-refractivity contribution in [2.24, 2.45) is 0 Å². The minimum Gasteiger partial charge on any atom is -0.469 e. The van der Waals surface area contributed by atoms with Crippen molar-refractivity contribution >= 4 is 27.5 Å². The smallest absolute Gasteiger partial charge is 0.309 e. The summed E-state index contributed by atoms with van der Waals surface area (Å²) in [6.07, 6.45) is 0.319. The molecule has 0 bridgehead atoms. The summed E-state index contributed by atoms with van der Waals surface area (Å²) in [5.41, 5.74) is 0.981. The Hall–Kier alpha value is -2.35. The maximum Gasteiger partial charge on any atom is 0.309 e. The van der Waals surface area contributed by atoms with E-state index in [9.17, 15) is 4.79 Å². The quantitative estimate of drug-likeness (QED) is 0.512. The van der Waals surface area contributed by atoms with Crippen LogP contribution in [0.15, 0.2) is 54.6 Å². The first-order valence-corrected chi connectivity index (χ1v) is 6.25. The minimum atomic E-state index is -0.208. The van der Waals surface area contributed by atoms with Crippen molar-refractivity contribution in [1.82, 2.24) is 0 Å². The molecule has 0 aliphatic heterocycles. The Labute approximate surface area is 111 Å². The van der Waals surface area contributed by atoms with Crippen LogP contribution in [0.5, 0.6) is 0 Å². The van der Waals surface area contributed by atoms with Crippen LogP contribution in [-0.4, -0.2) is 13.1 Å². The Bertz CT molecular complexity index is 759. The molecule has 0 heterocycles. The van der Waals surface area contributed by atoms with E-state index in [0.29, 0.717) is 6.42 Å². The predicted octanol–water partition coefficient (Wildman–Crippen LogP) is 3.71. The van der Waals surface area contributed by atoms with Gasteiger partial charge in [-0.05, 0) is 27.1 Å². The van der Waals surface area contributed by atoms with E-state index in [4.69, 9.17) is 4.74 Å². The maximum absolute atomic E-state index is 11.3. The van der Waals surface area contributed by atoms with Crippen molar-refractivity contribution in [2.75, 3.05) is 7.11 Å². The number of ether oxygens (including phenoxy) is 1. The lowest BCUT2D eigenvalue weighted by atomic mass is 9.99. The van der Waals surface area contributed by atoms with Gasteiger partial charge in [0, 0.05) is 0 Å². The monoisotopic (exact) mass is 250 g/mol. The molecule has 2 heteroatoms. The number of hydrogen-bond acceptors (Lipinski definition) is 2. The van der Waals surface area contributed by atoms with Gasteiger partial charge in [-0.15, -0.1) is 0 Å². The Morgan fingerprint density at radius 3 is 2.53 bits per heavy atom. The highest BCUT2D eigenvalue weighted by Gasteiger charge is 2.05. The van der Waals surface area contributed by atoms with Gasteiger partial charge in [0.15, 0.2) is 0 Å². The average Bonchev–Trinajstić information content (AvgIpc) is 2.46. The van der Waals surface area contributed by atoms with E-state index in [1.54, 1.807) is 0 Å². The zero-order valence-electron chi connectivity index (χ0n) is 10.7. The molecule has 0 N–H and O–H groups in total.